The zero-order valence-electron chi connectivity index (χ0n) is 15.9. The van der Waals surface area contributed by atoms with Gasteiger partial charge in [-0.25, -0.2) is 0 Å². The monoisotopic (exact) mass is 382 g/mol. The molecule has 2 rings (SSSR count). The molecule has 0 saturated heterocycles. The van der Waals surface area contributed by atoms with Gasteiger partial charge in [-0.05, 0) is 29.5 Å². The summed E-state index contributed by atoms with van der Waals surface area (Å²) < 4.78 is 0. The van der Waals surface area contributed by atoms with Crippen LogP contribution in [0.2, 0.25) is 0 Å². The summed E-state index contributed by atoms with van der Waals surface area (Å²) in [4.78, 5) is 33.8. The van der Waals surface area contributed by atoms with Crippen LogP contribution in [0, 0.1) is 5.92 Å². The van der Waals surface area contributed by atoms with Gasteiger partial charge >= 0.3 is 5.97 Å². The van der Waals surface area contributed by atoms with Gasteiger partial charge in [0.2, 0.25) is 5.91 Å². The Morgan fingerprint density at radius 2 is 1.61 bits per heavy atom. The lowest BCUT2D eigenvalue weighted by atomic mass is 9.95. The Morgan fingerprint density at radius 1 is 1.00 bits per heavy atom. The van der Waals surface area contributed by atoms with E-state index in [0.29, 0.717) is 12.8 Å². The highest BCUT2D eigenvalue weighted by atomic mass is 16.4. The fraction of sp³-hybridized carbons (Fsp3) is 0.318. The molecule has 0 aliphatic rings. The molecule has 0 aromatic heterocycles. The first kappa shape index (κ1) is 21.3. The third kappa shape index (κ3) is 6.96. The molecule has 0 saturated carbocycles. The van der Waals surface area contributed by atoms with Gasteiger partial charge in [-0.15, -0.1) is 0 Å². The predicted molar refractivity (Wildman–Crippen MR) is 108 cm³/mol. The van der Waals surface area contributed by atoms with Crippen LogP contribution in [0.3, 0.4) is 0 Å². The summed E-state index contributed by atoms with van der Waals surface area (Å²) in [6.45, 7) is 1.63. The van der Waals surface area contributed by atoms with Gasteiger partial charge in [-0.2, -0.15) is 0 Å². The molecule has 6 nitrogen and oxygen atoms in total. The van der Waals surface area contributed by atoms with Gasteiger partial charge < -0.3 is 16.2 Å². The Labute approximate surface area is 164 Å². The van der Waals surface area contributed by atoms with Gasteiger partial charge in [0.25, 0.3) is 0 Å². The number of benzene rings is 2. The second-order valence-corrected chi connectivity index (χ2v) is 7.00. The maximum Gasteiger partial charge on any atom is 0.306 e. The molecule has 2 aromatic carbocycles. The van der Waals surface area contributed by atoms with Crippen molar-refractivity contribution in [3.05, 3.63) is 60.2 Å². The van der Waals surface area contributed by atoms with E-state index in [9.17, 15) is 19.5 Å². The van der Waals surface area contributed by atoms with E-state index in [1.165, 1.54) is 0 Å². The maximum absolute atomic E-state index is 11.8. The number of ketones is 1. The number of rotatable bonds is 11. The summed E-state index contributed by atoms with van der Waals surface area (Å²) in [6.07, 6.45) is 0.635. The van der Waals surface area contributed by atoms with Crippen LogP contribution in [0.1, 0.15) is 25.3 Å². The van der Waals surface area contributed by atoms with E-state index in [2.05, 4.69) is 5.32 Å². The minimum atomic E-state index is -0.880. The first-order chi connectivity index (χ1) is 13.3. The molecular formula is C22H26N2O4. The highest BCUT2D eigenvalue weighted by Crippen LogP contribution is 2.20. The summed E-state index contributed by atoms with van der Waals surface area (Å²) in [5.41, 5.74) is 8.31. The van der Waals surface area contributed by atoms with Crippen LogP contribution in [0.15, 0.2) is 54.6 Å². The van der Waals surface area contributed by atoms with Gasteiger partial charge in [-0.1, -0.05) is 61.5 Å². The van der Waals surface area contributed by atoms with Crippen molar-refractivity contribution in [1.29, 1.82) is 0 Å². The quantitative estimate of drug-likeness (QED) is 0.517. The summed E-state index contributed by atoms with van der Waals surface area (Å²) in [5.74, 6) is -2.40. The lowest BCUT2D eigenvalue weighted by Gasteiger charge is -2.21. The second-order valence-electron chi connectivity index (χ2n) is 7.00. The van der Waals surface area contributed by atoms with Gasteiger partial charge in [0.05, 0.1) is 18.9 Å². The van der Waals surface area contributed by atoms with Crippen LogP contribution < -0.4 is 11.1 Å². The molecule has 0 bridgehead atoms. The minimum absolute atomic E-state index is 0.0119. The topological polar surface area (TPSA) is 109 Å². The smallest absolute Gasteiger partial charge is 0.306 e. The average molecular weight is 382 g/mol. The Morgan fingerprint density at radius 3 is 2.18 bits per heavy atom. The Kier molecular flexibility index (Phi) is 7.89. The van der Waals surface area contributed by atoms with Gasteiger partial charge in [-0.3, -0.25) is 14.4 Å². The number of hydrogen-bond donors (Lipinski definition) is 3. The number of aliphatic carboxylic acids is 1. The lowest BCUT2D eigenvalue weighted by molar-refractivity contribution is -0.141. The average Bonchev–Trinajstić information content (AvgIpc) is 2.66. The van der Waals surface area contributed by atoms with Crippen LogP contribution in [0.25, 0.3) is 11.1 Å². The van der Waals surface area contributed by atoms with Crippen molar-refractivity contribution in [3.8, 4) is 11.1 Å². The zero-order valence-corrected chi connectivity index (χ0v) is 15.9. The fourth-order valence-electron chi connectivity index (χ4n) is 3.03. The molecule has 28 heavy (non-hydrogen) atoms. The van der Waals surface area contributed by atoms with E-state index in [0.717, 1.165) is 16.7 Å². The molecule has 0 fully saturated rings. The third-order valence-electron chi connectivity index (χ3n) is 4.56. The molecule has 0 aliphatic carbocycles. The molecule has 1 amide bonds. The van der Waals surface area contributed by atoms with Crippen LogP contribution in [0.4, 0.5) is 0 Å². The van der Waals surface area contributed by atoms with E-state index < -0.39 is 17.8 Å². The number of carbonyl (C=O) groups excluding carboxylic acids is 2. The molecule has 4 N–H and O–H groups in total. The van der Waals surface area contributed by atoms with Gasteiger partial charge in [0.1, 0.15) is 0 Å². The van der Waals surface area contributed by atoms with Crippen molar-refractivity contribution in [2.75, 3.05) is 6.54 Å². The number of nitrogens with one attached hydrogen (secondary N) is 1. The van der Waals surface area contributed by atoms with Crippen LogP contribution in [0.5, 0.6) is 0 Å². The molecule has 0 aliphatic heterocycles. The summed E-state index contributed by atoms with van der Waals surface area (Å²) in [5, 5.41) is 12.3. The van der Waals surface area contributed by atoms with Crippen molar-refractivity contribution >= 4 is 17.7 Å². The van der Waals surface area contributed by atoms with Crippen molar-refractivity contribution in [3.63, 3.8) is 0 Å². The Balaban J connectivity index is 2.04. The van der Waals surface area contributed by atoms with Crippen LogP contribution in [-0.4, -0.2) is 35.4 Å². The minimum Gasteiger partial charge on any atom is -0.481 e. The fourth-order valence-corrected chi connectivity index (χ4v) is 3.03. The van der Waals surface area contributed by atoms with Crippen molar-refractivity contribution in [2.24, 2.45) is 11.7 Å². The summed E-state index contributed by atoms with van der Waals surface area (Å²) >= 11 is 0. The molecule has 0 radical (unpaired) electrons. The number of hydrogen-bond acceptors (Lipinski definition) is 4. The standard InChI is InChI=1S/C22H26N2O4/c1-15(22(27)28)11-19(24-14-20(25)13-21(23)26)12-16-7-9-18(10-8-16)17-5-3-2-4-6-17/h2-10,15,19,24H,11-14H2,1H3,(H2,23,26)(H,27,28). The summed E-state index contributed by atoms with van der Waals surface area (Å²) in [7, 11) is 0. The Hall–Kier alpha value is -2.99. The largest absolute Gasteiger partial charge is 0.481 e. The van der Waals surface area contributed by atoms with E-state index >= 15 is 0 Å². The van der Waals surface area contributed by atoms with Crippen molar-refractivity contribution in [2.45, 2.75) is 32.2 Å². The van der Waals surface area contributed by atoms with Crippen molar-refractivity contribution < 1.29 is 19.5 Å². The normalized spacial score (nSPS) is 12.9. The molecule has 0 spiro atoms. The number of carboxylic acids is 1. The number of Topliss-reactive ketones (excluding diaryl/α,β-unsaturated/α-hetero) is 1. The number of primary amides is 1. The zero-order chi connectivity index (χ0) is 20.5. The third-order valence-corrected chi connectivity index (χ3v) is 4.56. The Bertz CT molecular complexity index is 803. The second kappa shape index (κ2) is 10.4. The van der Waals surface area contributed by atoms with E-state index in [1.807, 2.05) is 54.6 Å². The summed E-state index contributed by atoms with van der Waals surface area (Å²) in [6, 6.07) is 17.9. The molecular weight excluding hydrogens is 356 g/mol. The number of nitrogens with two attached hydrogens (primary N) is 1. The first-order valence-electron chi connectivity index (χ1n) is 9.25. The van der Waals surface area contributed by atoms with E-state index in [-0.39, 0.29) is 24.8 Å². The van der Waals surface area contributed by atoms with E-state index in [1.54, 1.807) is 6.92 Å². The predicted octanol–water partition coefficient (Wildman–Crippen LogP) is 2.41. The maximum atomic E-state index is 11.8. The molecule has 6 heteroatoms. The number of carboxylic acid groups (broad SMARTS) is 1. The van der Waals surface area contributed by atoms with Crippen LogP contribution in [-0.2, 0) is 20.8 Å². The molecule has 2 atom stereocenters. The SMILES string of the molecule is CC(CC(Cc1ccc(-c2ccccc2)cc1)NCC(=O)CC(N)=O)C(=O)O. The molecule has 0 heterocycles. The first-order valence-corrected chi connectivity index (χ1v) is 9.25. The van der Waals surface area contributed by atoms with E-state index in [4.69, 9.17) is 5.73 Å². The number of carbonyl (C=O) groups is 3. The number of amides is 1. The highest BCUT2D eigenvalue weighted by Gasteiger charge is 2.19. The highest BCUT2D eigenvalue weighted by molar-refractivity contribution is 5.98. The molecule has 2 aromatic rings. The van der Waals surface area contributed by atoms with Gasteiger partial charge in [0.15, 0.2) is 5.78 Å². The lowest BCUT2D eigenvalue weighted by Crippen LogP contribution is -2.38. The molecule has 148 valence electrons. The van der Waals surface area contributed by atoms with Gasteiger partial charge in [0, 0.05) is 6.04 Å². The van der Waals surface area contributed by atoms with Crippen LogP contribution >= 0.6 is 0 Å². The van der Waals surface area contributed by atoms with Crippen molar-refractivity contribution in [1.82, 2.24) is 5.32 Å². The molecule has 2 unspecified atom stereocenters.